The fraction of sp³-hybridized carbons (Fsp3) is 0.294. The van der Waals surface area contributed by atoms with E-state index in [1.165, 1.54) is 12.1 Å². The predicted octanol–water partition coefficient (Wildman–Crippen LogP) is 4.93. The zero-order valence-electron chi connectivity index (χ0n) is 12.3. The van der Waals surface area contributed by atoms with Crippen LogP contribution in [-0.2, 0) is 0 Å². The highest BCUT2D eigenvalue weighted by atomic mass is 35.5. The third-order valence-electron chi connectivity index (χ3n) is 3.46. The Morgan fingerprint density at radius 3 is 2.38 bits per heavy atom. The van der Waals surface area contributed by atoms with Crippen molar-refractivity contribution in [3.63, 3.8) is 0 Å². The van der Waals surface area contributed by atoms with Gasteiger partial charge in [-0.25, -0.2) is 8.78 Å². The summed E-state index contributed by atoms with van der Waals surface area (Å²) >= 11 is 6.16. The first-order valence-electron chi connectivity index (χ1n) is 6.89. The van der Waals surface area contributed by atoms with Gasteiger partial charge >= 0.3 is 0 Å². The van der Waals surface area contributed by atoms with Gasteiger partial charge in [-0.2, -0.15) is 0 Å². The molecule has 0 saturated carbocycles. The molecule has 1 atom stereocenters. The SMILES string of the molecule is CCNC(c1ccc(C)cc1F)c1cc(C)c(F)cc1Cl. The van der Waals surface area contributed by atoms with Crippen molar-refractivity contribution in [3.8, 4) is 0 Å². The smallest absolute Gasteiger partial charge is 0.128 e. The highest BCUT2D eigenvalue weighted by molar-refractivity contribution is 6.31. The van der Waals surface area contributed by atoms with Crippen LogP contribution in [0.25, 0.3) is 0 Å². The van der Waals surface area contributed by atoms with Gasteiger partial charge in [0.2, 0.25) is 0 Å². The second-order valence-electron chi connectivity index (χ2n) is 5.14. The van der Waals surface area contributed by atoms with Gasteiger partial charge in [0.15, 0.2) is 0 Å². The predicted molar refractivity (Wildman–Crippen MR) is 82.8 cm³/mol. The molecule has 0 aliphatic carbocycles. The van der Waals surface area contributed by atoms with Gasteiger partial charge in [0.25, 0.3) is 0 Å². The first-order chi connectivity index (χ1) is 9.93. The van der Waals surface area contributed by atoms with Crippen molar-refractivity contribution >= 4 is 11.6 Å². The molecule has 0 aliphatic heterocycles. The number of nitrogens with one attached hydrogen (secondary N) is 1. The molecule has 0 spiro atoms. The van der Waals surface area contributed by atoms with Gasteiger partial charge in [-0.3, -0.25) is 0 Å². The largest absolute Gasteiger partial charge is 0.306 e. The molecule has 2 aromatic carbocycles. The third-order valence-corrected chi connectivity index (χ3v) is 3.79. The minimum Gasteiger partial charge on any atom is -0.306 e. The molecule has 1 nitrogen and oxygen atoms in total. The van der Waals surface area contributed by atoms with Crippen LogP contribution < -0.4 is 5.32 Å². The molecule has 2 rings (SSSR count). The maximum atomic E-state index is 14.3. The highest BCUT2D eigenvalue weighted by Gasteiger charge is 2.20. The van der Waals surface area contributed by atoms with E-state index in [0.29, 0.717) is 28.3 Å². The van der Waals surface area contributed by atoms with Crippen LogP contribution in [0, 0.1) is 25.5 Å². The van der Waals surface area contributed by atoms with Crippen molar-refractivity contribution in [3.05, 3.63) is 69.2 Å². The summed E-state index contributed by atoms with van der Waals surface area (Å²) in [5.41, 5.74) is 2.54. The van der Waals surface area contributed by atoms with E-state index < -0.39 is 6.04 Å². The van der Waals surface area contributed by atoms with E-state index in [2.05, 4.69) is 5.32 Å². The monoisotopic (exact) mass is 309 g/mol. The van der Waals surface area contributed by atoms with Gasteiger partial charge in [-0.1, -0.05) is 30.7 Å². The molecule has 1 unspecified atom stereocenters. The molecule has 21 heavy (non-hydrogen) atoms. The van der Waals surface area contributed by atoms with Gasteiger partial charge in [0, 0.05) is 10.6 Å². The summed E-state index contributed by atoms with van der Waals surface area (Å²) in [4.78, 5) is 0. The minimum absolute atomic E-state index is 0.293. The average molecular weight is 310 g/mol. The van der Waals surface area contributed by atoms with E-state index in [-0.39, 0.29) is 11.6 Å². The maximum Gasteiger partial charge on any atom is 0.128 e. The Kier molecular flexibility index (Phi) is 4.96. The summed E-state index contributed by atoms with van der Waals surface area (Å²) in [6.07, 6.45) is 0. The van der Waals surface area contributed by atoms with E-state index >= 15 is 0 Å². The van der Waals surface area contributed by atoms with Gasteiger partial charge in [-0.15, -0.1) is 0 Å². The lowest BCUT2D eigenvalue weighted by atomic mass is 9.95. The molecule has 0 fully saturated rings. The summed E-state index contributed by atoms with van der Waals surface area (Å²) in [5, 5.41) is 3.51. The second-order valence-corrected chi connectivity index (χ2v) is 5.55. The molecule has 0 radical (unpaired) electrons. The Bertz CT molecular complexity index is 655. The number of hydrogen-bond donors (Lipinski definition) is 1. The fourth-order valence-corrected chi connectivity index (χ4v) is 2.62. The summed E-state index contributed by atoms with van der Waals surface area (Å²) in [7, 11) is 0. The quantitative estimate of drug-likeness (QED) is 0.844. The molecule has 0 aliphatic rings. The number of hydrogen-bond acceptors (Lipinski definition) is 1. The molecule has 0 bridgehead atoms. The van der Waals surface area contributed by atoms with Crippen LogP contribution in [0.4, 0.5) is 8.78 Å². The molecule has 112 valence electrons. The Balaban J connectivity index is 2.55. The molecular formula is C17H18ClF2N. The Hall–Kier alpha value is -1.45. The van der Waals surface area contributed by atoms with Gasteiger partial charge < -0.3 is 5.32 Å². The standard InChI is InChI=1S/C17H18ClF2N/c1-4-21-17(12-6-5-10(2)7-16(12)20)13-8-11(3)15(19)9-14(13)18/h5-9,17,21H,4H2,1-3H3. The lowest BCUT2D eigenvalue weighted by molar-refractivity contribution is 0.556. The number of aryl methyl sites for hydroxylation is 2. The molecule has 0 aromatic heterocycles. The number of halogens is 3. The van der Waals surface area contributed by atoms with Crippen molar-refractivity contribution < 1.29 is 8.78 Å². The highest BCUT2D eigenvalue weighted by Crippen LogP contribution is 2.32. The maximum absolute atomic E-state index is 14.3. The topological polar surface area (TPSA) is 12.0 Å². The Labute approximate surface area is 128 Å². The summed E-state index contributed by atoms with van der Waals surface area (Å²) in [6.45, 7) is 6.09. The lowest BCUT2D eigenvalue weighted by Gasteiger charge is -2.21. The minimum atomic E-state index is -0.401. The van der Waals surface area contributed by atoms with Gasteiger partial charge in [-0.05, 0) is 55.3 Å². The average Bonchev–Trinajstić information content (AvgIpc) is 2.41. The molecule has 1 N–H and O–H groups in total. The van der Waals surface area contributed by atoms with Crippen molar-refractivity contribution in [2.24, 2.45) is 0 Å². The van der Waals surface area contributed by atoms with Crippen LogP contribution in [0.3, 0.4) is 0 Å². The van der Waals surface area contributed by atoms with Crippen molar-refractivity contribution in [2.45, 2.75) is 26.8 Å². The van der Waals surface area contributed by atoms with Crippen LogP contribution in [0.1, 0.15) is 35.2 Å². The third kappa shape index (κ3) is 3.42. The van der Waals surface area contributed by atoms with Crippen LogP contribution >= 0.6 is 11.6 Å². The lowest BCUT2D eigenvalue weighted by Crippen LogP contribution is -2.23. The summed E-state index contributed by atoms with van der Waals surface area (Å²) in [6, 6.07) is 7.64. The van der Waals surface area contributed by atoms with Crippen LogP contribution in [-0.4, -0.2) is 6.54 Å². The molecule has 0 saturated heterocycles. The first kappa shape index (κ1) is 15.9. The van der Waals surface area contributed by atoms with E-state index in [1.54, 1.807) is 19.1 Å². The van der Waals surface area contributed by atoms with Crippen LogP contribution in [0.15, 0.2) is 30.3 Å². The second kappa shape index (κ2) is 6.54. The number of benzene rings is 2. The Morgan fingerprint density at radius 1 is 1.05 bits per heavy atom. The van der Waals surface area contributed by atoms with Gasteiger partial charge in [0.1, 0.15) is 11.6 Å². The van der Waals surface area contributed by atoms with E-state index in [0.717, 1.165) is 5.56 Å². The van der Waals surface area contributed by atoms with Crippen molar-refractivity contribution in [2.75, 3.05) is 6.54 Å². The zero-order valence-corrected chi connectivity index (χ0v) is 13.1. The normalized spacial score (nSPS) is 12.5. The van der Waals surface area contributed by atoms with Crippen molar-refractivity contribution in [1.29, 1.82) is 0 Å². The molecule has 0 amide bonds. The van der Waals surface area contributed by atoms with E-state index in [9.17, 15) is 8.78 Å². The first-order valence-corrected chi connectivity index (χ1v) is 7.26. The van der Waals surface area contributed by atoms with E-state index in [1.807, 2.05) is 19.9 Å². The summed E-state index contributed by atoms with van der Waals surface area (Å²) < 4.78 is 27.8. The molecule has 4 heteroatoms. The zero-order chi connectivity index (χ0) is 15.6. The fourth-order valence-electron chi connectivity index (χ4n) is 2.36. The van der Waals surface area contributed by atoms with Crippen LogP contribution in [0.2, 0.25) is 5.02 Å². The van der Waals surface area contributed by atoms with Crippen molar-refractivity contribution in [1.82, 2.24) is 5.32 Å². The molecule has 2 aromatic rings. The molecule has 0 heterocycles. The summed E-state index contributed by atoms with van der Waals surface area (Å²) in [5.74, 6) is -0.651. The Morgan fingerprint density at radius 2 is 1.76 bits per heavy atom. The van der Waals surface area contributed by atoms with Crippen LogP contribution in [0.5, 0.6) is 0 Å². The van der Waals surface area contributed by atoms with Gasteiger partial charge in [0.05, 0.1) is 6.04 Å². The van der Waals surface area contributed by atoms with E-state index in [4.69, 9.17) is 11.6 Å². The number of rotatable bonds is 4. The molecular weight excluding hydrogens is 292 g/mol.